The van der Waals surface area contributed by atoms with Gasteiger partial charge in [-0.05, 0) is 18.9 Å². The highest BCUT2D eigenvalue weighted by atomic mass is 19.2. The maximum Gasteiger partial charge on any atom is 0.314 e. The zero-order valence-electron chi connectivity index (χ0n) is 10.7. The minimum Gasteiger partial charge on any atom is -0.493 e. The highest BCUT2D eigenvalue weighted by Crippen LogP contribution is 2.44. The fourth-order valence-corrected chi connectivity index (χ4v) is 2.86. The van der Waals surface area contributed by atoms with Crippen molar-refractivity contribution in [3.05, 3.63) is 29.3 Å². The van der Waals surface area contributed by atoms with E-state index in [1.165, 1.54) is 13.2 Å². The quantitative estimate of drug-likeness (QED) is 0.917. The molecule has 1 fully saturated rings. The minimum atomic E-state index is -1.17. The first kappa shape index (κ1) is 13.8. The summed E-state index contributed by atoms with van der Waals surface area (Å²) in [4.78, 5) is 11.7. The molecule has 19 heavy (non-hydrogen) atoms. The molecule has 104 valence electrons. The van der Waals surface area contributed by atoms with E-state index in [-0.39, 0.29) is 11.3 Å². The van der Waals surface area contributed by atoms with Crippen molar-refractivity contribution in [2.24, 2.45) is 0 Å². The van der Waals surface area contributed by atoms with Crippen LogP contribution >= 0.6 is 0 Å². The molecule has 0 bridgehead atoms. The van der Waals surface area contributed by atoms with Crippen LogP contribution in [0, 0.1) is 11.6 Å². The van der Waals surface area contributed by atoms with E-state index in [0.29, 0.717) is 12.8 Å². The van der Waals surface area contributed by atoms with Gasteiger partial charge in [0.25, 0.3) is 0 Å². The van der Waals surface area contributed by atoms with E-state index in [2.05, 4.69) is 0 Å². The van der Waals surface area contributed by atoms with Gasteiger partial charge in [0.1, 0.15) is 0 Å². The van der Waals surface area contributed by atoms with Crippen molar-refractivity contribution in [2.75, 3.05) is 7.11 Å². The van der Waals surface area contributed by atoms with Crippen LogP contribution in [0.4, 0.5) is 8.78 Å². The molecule has 2 rings (SSSR count). The number of carbonyl (C=O) groups is 1. The molecule has 0 amide bonds. The number of carboxylic acid groups (broad SMARTS) is 1. The fourth-order valence-electron chi connectivity index (χ4n) is 2.86. The van der Waals surface area contributed by atoms with Gasteiger partial charge in [0.2, 0.25) is 5.82 Å². The van der Waals surface area contributed by atoms with Crippen molar-refractivity contribution < 1.29 is 23.4 Å². The number of halogens is 2. The van der Waals surface area contributed by atoms with E-state index in [0.717, 1.165) is 25.3 Å². The summed E-state index contributed by atoms with van der Waals surface area (Å²) in [6.07, 6.45) is 3.32. The second kappa shape index (κ2) is 5.15. The van der Waals surface area contributed by atoms with Gasteiger partial charge in [-0.3, -0.25) is 4.79 Å². The maximum absolute atomic E-state index is 13.8. The maximum atomic E-state index is 13.8. The summed E-state index contributed by atoms with van der Waals surface area (Å²) in [6.45, 7) is 0. The van der Waals surface area contributed by atoms with Gasteiger partial charge in [0.15, 0.2) is 11.6 Å². The molecule has 0 atom stereocenters. The van der Waals surface area contributed by atoms with E-state index in [1.807, 2.05) is 0 Å². The molecular formula is C14H16F2O3. The van der Waals surface area contributed by atoms with Gasteiger partial charge >= 0.3 is 5.97 Å². The monoisotopic (exact) mass is 270 g/mol. The Kier molecular flexibility index (Phi) is 3.73. The van der Waals surface area contributed by atoms with Crippen LogP contribution in [0.3, 0.4) is 0 Å². The Morgan fingerprint density at radius 2 is 1.89 bits per heavy atom. The third kappa shape index (κ3) is 2.17. The molecule has 1 N–H and O–H groups in total. The van der Waals surface area contributed by atoms with Crippen molar-refractivity contribution in [1.29, 1.82) is 0 Å². The molecule has 0 spiro atoms. The van der Waals surface area contributed by atoms with Gasteiger partial charge < -0.3 is 9.84 Å². The topological polar surface area (TPSA) is 46.5 Å². The molecule has 1 aliphatic carbocycles. The summed E-state index contributed by atoms with van der Waals surface area (Å²) in [5.74, 6) is -3.44. The van der Waals surface area contributed by atoms with Crippen molar-refractivity contribution in [1.82, 2.24) is 0 Å². The Morgan fingerprint density at radius 1 is 1.26 bits per heavy atom. The Bertz CT molecular complexity index is 494. The number of hydrogen-bond acceptors (Lipinski definition) is 2. The summed E-state index contributed by atoms with van der Waals surface area (Å²) in [7, 11) is 1.22. The summed E-state index contributed by atoms with van der Waals surface area (Å²) < 4.78 is 31.9. The van der Waals surface area contributed by atoms with Gasteiger partial charge in [-0.15, -0.1) is 0 Å². The number of aliphatic carboxylic acids is 1. The van der Waals surface area contributed by atoms with Crippen LogP contribution in [0.25, 0.3) is 0 Å². The summed E-state index contributed by atoms with van der Waals surface area (Å²) in [5.41, 5.74) is -0.931. The van der Waals surface area contributed by atoms with Crippen molar-refractivity contribution >= 4 is 5.97 Å². The Hall–Kier alpha value is -1.65. The fraction of sp³-hybridized carbons (Fsp3) is 0.500. The lowest BCUT2D eigenvalue weighted by Crippen LogP contribution is -2.38. The van der Waals surface area contributed by atoms with Gasteiger partial charge in [0, 0.05) is 5.56 Å². The van der Waals surface area contributed by atoms with E-state index in [9.17, 15) is 18.7 Å². The standard InChI is InChI=1S/C14H16F2O3/c1-19-12-9(5-6-10(15)11(12)16)14(13(17)18)7-3-2-4-8-14/h5-6H,2-4,7-8H2,1H3,(H,17,18). The predicted molar refractivity (Wildman–Crippen MR) is 65.3 cm³/mol. The molecule has 0 aliphatic heterocycles. The normalized spacial score (nSPS) is 18.1. The molecule has 0 saturated heterocycles. The SMILES string of the molecule is COc1c(C2(C(=O)O)CCCCC2)ccc(F)c1F. The Balaban J connectivity index is 2.60. The lowest BCUT2D eigenvalue weighted by molar-refractivity contribution is -0.145. The second-order valence-electron chi connectivity index (χ2n) is 4.89. The molecule has 0 radical (unpaired) electrons. The van der Waals surface area contributed by atoms with E-state index < -0.39 is 23.0 Å². The van der Waals surface area contributed by atoms with Crippen LogP contribution in [0.15, 0.2) is 12.1 Å². The number of hydrogen-bond donors (Lipinski definition) is 1. The van der Waals surface area contributed by atoms with Crippen LogP contribution in [0.5, 0.6) is 5.75 Å². The number of ether oxygens (including phenoxy) is 1. The minimum absolute atomic E-state index is 0.237. The molecule has 1 aromatic carbocycles. The second-order valence-corrected chi connectivity index (χ2v) is 4.89. The van der Waals surface area contributed by atoms with Crippen molar-refractivity contribution in [2.45, 2.75) is 37.5 Å². The molecule has 1 aliphatic rings. The smallest absolute Gasteiger partial charge is 0.314 e. The molecule has 5 heteroatoms. The lowest BCUT2D eigenvalue weighted by atomic mass is 9.69. The van der Waals surface area contributed by atoms with Crippen molar-refractivity contribution in [3.63, 3.8) is 0 Å². The van der Waals surface area contributed by atoms with Crippen LogP contribution in [-0.2, 0) is 10.2 Å². The number of carboxylic acids is 1. The molecule has 3 nitrogen and oxygen atoms in total. The largest absolute Gasteiger partial charge is 0.493 e. The molecule has 0 unspecified atom stereocenters. The van der Waals surface area contributed by atoms with E-state index >= 15 is 0 Å². The first-order valence-electron chi connectivity index (χ1n) is 6.29. The first-order valence-corrected chi connectivity index (χ1v) is 6.29. The van der Waals surface area contributed by atoms with Crippen LogP contribution in [0.2, 0.25) is 0 Å². The third-order valence-electron chi connectivity index (χ3n) is 3.89. The zero-order valence-corrected chi connectivity index (χ0v) is 10.7. The van der Waals surface area contributed by atoms with Gasteiger partial charge in [0.05, 0.1) is 12.5 Å². The zero-order chi connectivity index (χ0) is 14.0. The van der Waals surface area contributed by atoms with Crippen LogP contribution in [-0.4, -0.2) is 18.2 Å². The third-order valence-corrected chi connectivity index (χ3v) is 3.89. The Labute approximate surface area is 110 Å². The van der Waals surface area contributed by atoms with Gasteiger partial charge in [-0.1, -0.05) is 25.3 Å². The average molecular weight is 270 g/mol. The summed E-state index contributed by atoms with van der Waals surface area (Å²) in [6, 6.07) is 2.29. The van der Waals surface area contributed by atoms with Crippen molar-refractivity contribution in [3.8, 4) is 5.75 Å². The summed E-state index contributed by atoms with van der Waals surface area (Å²) >= 11 is 0. The molecule has 0 heterocycles. The first-order chi connectivity index (χ1) is 9.03. The van der Waals surface area contributed by atoms with E-state index in [1.54, 1.807) is 0 Å². The van der Waals surface area contributed by atoms with E-state index in [4.69, 9.17) is 4.74 Å². The molecule has 1 saturated carbocycles. The highest BCUT2D eigenvalue weighted by molar-refractivity contribution is 5.82. The van der Waals surface area contributed by atoms with Crippen LogP contribution in [0.1, 0.15) is 37.7 Å². The summed E-state index contributed by atoms with van der Waals surface area (Å²) in [5, 5.41) is 9.55. The number of benzene rings is 1. The number of rotatable bonds is 3. The lowest BCUT2D eigenvalue weighted by Gasteiger charge is -2.34. The number of methoxy groups -OCH3 is 1. The van der Waals surface area contributed by atoms with Gasteiger partial charge in [-0.25, -0.2) is 4.39 Å². The Morgan fingerprint density at radius 3 is 2.42 bits per heavy atom. The highest BCUT2D eigenvalue weighted by Gasteiger charge is 2.44. The molecule has 0 aromatic heterocycles. The predicted octanol–water partition coefficient (Wildman–Crippen LogP) is 3.26. The van der Waals surface area contributed by atoms with Crippen LogP contribution < -0.4 is 4.74 Å². The molecular weight excluding hydrogens is 254 g/mol. The molecule has 1 aromatic rings. The average Bonchev–Trinajstić information content (AvgIpc) is 2.42. The van der Waals surface area contributed by atoms with Gasteiger partial charge in [-0.2, -0.15) is 4.39 Å².